The van der Waals surface area contributed by atoms with E-state index in [-0.39, 0.29) is 10.6 Å². The first-order valence-electron chi connectivity index (χ1n) is 10.5. The van der Waals surface area contributed by atoms with Crippen LogP contribution in [0.4, 0.5) is 0 Å². The number of ether oxygens (including phenoxy) is 1. The summed E-state index contributed by atoms with van der Waals surface area (Å²) in [5.74, 6) is 0.566. The van der Waals surface area contributed by atoms with Crippen LogP contribution in [0.1, 0.15) is 57.4 Å². The smallest absolute Gasteiger partial charge is 0.251 e. The lowest BCUT2D eigenvalue weighted by molar-refractivity contribution is -0.0643. The third-order valence-electron chi connectivity index (χ3n) is 6.56. The lowest BCUT2D eigenvalue weighted by Crippen LogP contribution is -2.52. The molecule has 0 unspecified atom stereocenters. The highest BCUT2D eigenvalue weighted by Crippen LogP contribution is 2.42. The minimum atomic E-state index is -1.93. The number of pyridine rings is 1. The average molecular weight is 441 g/mol. The predicted molar refractivity (Wildman–Crippen MR) is 123 cm³/mol. The maximum absolute atomic E-state index is 13.1. The summed E-state index contributed by atoms with van der Waals surface area (Å²) < 4.78 is 13.7. The Balaban J connectivity index is 1.98. The molecule has 2 atom stereocenters. The molecule has 0 aliphatic carbocycles. The van der Waals surface area contributed by atoms with Gasteiger partial charge in [-0.05, 0) is 61.8 Å². The van der Waals surface area contributed by atoms with Crippen molar-refractivity contribution in [3.63, 3.8) is 0 Å². The monoisotopic (exact) mass is 440 g/mol. The van der Waals surface area contributed by atoms with Gasteiger partial charge in [0.2, 0.25) is 0 Å². The van der Waals surface area contributed by atoms with E-state index in [2.05, 4.69) is 39.9 Å². The summed E-state index contributed by atoms with van der Waals surface area (Å²) in [6, 6.07) is 9.96. The van der Waals surface area contributed by atoms with Gasteiger partial charge in [0.25, 0.3) is 5.56 Å². The fourth-order valence-corrected chi connectivity index (χ4v) is 4.43. The maximum atomic E-state index is 13.1. The van der Waals surface area contributed by atoms with Gasteiger partial charge in [-0.2, -0.15) is 5.26 Å². The van der Waals surface area contributed by atoms with Crippen molar-refractivity contribution in [2.45, 2.75) is 77.1 Å². The van der Waals surface area contributed by atoms with Crippen molar-refractivity contribution in [1.82, 2.24) is 4.57 Å². The Kier molecular flexibility index (Phi) is 5.96. The molecule has 1 aliphatic heterocycles. The number of aliphatic hydroxyl groups excluding tert-OH is 1. The molecule has 2 aromatic rings. The number of hydrogen-bond acceptors (Lipinski definition) is 5. The first kappa shape index (κ1) is 23.3. The second kappa shape index (κ2) is 7.94. The van der Waals surface area contributed by atoms with Crippen LogP contribution >= 0.6 is 0 Å². The molecule has 6 nitrogen and oxygen atoms in total. The molecule has 3 rings (SSSR count). The number of hydrogen-bond donors (Lipinski definition) is 1. The zero-order valence-electron chi connectivity index (χ0n) is 19.4. The highest BCUT2D eigenvalue weighted by atomic mass is 28.4. The number of aromatic nitrogens is 1. The highest BCUT2D eigenvalue weighted by Gasteiger charge is 2.44. The molecule has 1 aromatic carbocycles. The van der Waals surface area contributed by atoms with Crippen molar-refractivity contribution < 1.29 is 14.3 Å². The molecule has 0 saturated carbocycles. The van der Waals surface area contributed by atoms with Gasteiger partial charge in [-0.15, -0.1) is 0 Å². The highest BCUT2D eigenvalue weighted by molar-refractivity contribution is 6.74. The first-order valence-corrected chi connectivity index (χ1v) is 13.4. The Labute approximate surface area is 185 Å². The zero-order chi connectivity index (χ0) is 23.2. The second-order valence-electron chi connectivity index (χ2n) is 10.3. The number of benzene rings is 1. The fraction of sp³-hybridized carbons (Fsp3) is 0.500. The molecule has 166 valence electrons. The zero-order valence-corrected chi connectivity index (χ0v) is 20.4. The van der Waals surface area contributed by atoms with Gasteiger partial charge >= 0.3 is 0 Å². The van der Waals surface area contributed by atoms with Gasteiger partial charge in [0, 0.05) is 17.8 Å². The van der Waals surface area contributed by atoms with Crippen LogP contribution in [-0.4, -0.2) is 29.7 Å². The van der Waals surface area contributed by atoms with E-state index in [0.717, 1.165) is 5.56 Å². The number of nitrogens with zero attached hydrogens (tertiary/aromatic N) is 2. The van der Waals surface area contributed by atoms with Gasteiger partial charge in [-0.25, -0.2) is 0 Å². The Morgan fingerprint density at radius 2 is 1.94 bits per heavy atom. The third kappa shape index (κ3) is 4.47. The molecule has 2 heterocycles. The van der Waals surface area contributed by atoms with Gasteiger partial charge in [0.1, 0.15) is 17.5 Å². The van der Waals surface area contributed by atoms with E-state index >= 15 is 0 Å². The molecule has 1 N–H and O–H groups in total. The molecule has 0 fully saturated rings. The maximum Gasteiger partial charge on any atom is 0.251 e. The summed E-state index contributed by atoms with van der Waals surface area (Å²) >= 11 is 0. The topological polar surface area (TPSA) is 84.5 Å². The molecule has 1 aliphatic rings. The van der Waals surface area contributed by atoms with Crippen LogP contribution in [0, 0.1) is 11.3 Å². The van der Waals surface area contributed by atoms with Crippen LogP contribution in [0.5, 0.6) is 5.75 Å². The lowest BCUT2D eigenvalue weighted by atomic mass is 9.85. The third-order valence-corrected chi connectivity index (χ3v) is 11.0. The van der Waals surface area contributed by atoms with Crippen LogP contribution in [-0.2, 0) is 11.0 Å². The Morgan fingerprint density at radius 1 is 1.26 bits per heavy atom. The summed E-state index contributed by atoms with van der Waals surface area (Å²) in [4.78, 5) is 13.1. The summed E-state index contributed by atoms with van der Waals surface area (Å²) in [6.07, 6.45) is 0.728. The molecule has 0 amide bonds. The number of fused-ring (bicyclic) bond motifs is 1. The first-order chi connectivity index (χ1) is 14.3. The Bertz CT molecular complexity index is 1080. The van der Waals surface area contributed by atoms with E-state index in [4.69, 9.17) is 9.16 Å². The van der Waals surface area contributed by atoms with Gasteiger partial charge < -0.3 is 18.8 Å². The molecule has 0 saturated heterocycles. The molecule has 1 aromatic heterocycles. The van der Waals surface area contributed by atoms with Gasteiger partial charge in [-0.1, -0.05) is 20.8 Å². The molecule has 7 heteroatoms. The van der Waals surface area contributed by atoms with E-state index in [1.165, 1.54) is 4.57 Å². The number of rotatable bonds is 4. The van der Waals surface area contributed by atoms with Gasteiger partial charge in [-0.3, -0.25) is 4.79 Å². The Hall–Kier alpha value is -2.40. The van der Waals surface area contributed by atoms with Crippen molar-refractivity contribution in [2.24, 2.45) is 0 Å². The summed E-state index contributed by atoms with van der Waals surface area (Å²) in [5.41, 5.74) is 0.754. The molecule has 0 bridgehead atoms. The standard InChI is InChI=1S/C24H32N2O4Si/c1-23(2,3)31(6,7)29-15-17-10-11-26(20(27)13-17)21-18-12-16(14-25)8-9-19(18)30-24(4,5)22(21)28/h8-13,21-22,28H,15H2,1-7H3/t21-,22+/m0/s1. The fourth-order valence-electron chi connectivity index (χ4n) is 3.47. The largest absolute Gasteiger partial charge is 0.485 e. The van der Waals surface area contributed by atoms with E-state index in [9.17, 15) is 15.2 Å². The normalized spacial score (nSPS) is 20.5. The van der Waals surface area contributed by atoms with Crippen LogP contribution in [0.3, 0.4) is 0 Å². The molecule has 31 heavy (non-hydrogen) atoms. The molecular weight excluding hydrogens is 408 g/mol. The summed E-state index contributed by atoms with van der Waals surface area (Å²) in [6.45, 7) is 14.9. The second-order valence-corrected chi connectivity index (χ2v) is 15.1. The van der Waals surface area contributed by atoms with E-state index in [1.54, 1.807) is 44.3 Å². The minimum absolute atomic E-state index is 0.0853. The number of nitriles is 1. The minimum Gasteiger partial charge on any atom is -0.485 e. The van der Waals surface area contributed by atoms with Crippen LogP contribution < -0.4 is 10.3 Å². The van der Waals surface area contributed by atoms with Crippen molar-refractivity contribution >= 4 is 8.32 Å². The summed E-state index contributed by atoms with van der Waals surface area (Å²) in [5, 5.41) is 20.5. The average Bonchev–Trinajstić information content (AvgIpc) is 2.67. The van der Waals surface area contributed by atoms with Crippen molar-refractivity contribution in [2.75, 3.05) is 0 Å². The van der Waals surface area contributed by atoms with Crippen molar-refractivity contribution in [1.29, 1.82) is 5.26 Å². The quantitative estimate of drug-likeness (QED) is 0.714. The molecular formula is C24H32N2O4Si. The summed E-state index contributed by atoms with van der Waals surface area (Å²) in [7, 11) is -1.93. The van der Waals surface area contributed by atoms with Crippen LogP contribution in [0.2, 0.25) is 18.1 Å². The van der Waals surface area contributed by atoms with E-state index in [1.807, 2.05) is 6.07 Å². The van der Waals surface area contributed by atoms with Gasteiger partial charge in [0.15, 0.2) is 8.32 Å². The van der Waals surface area contributed by atoms with E-state index < -0.39 is 26.1 Å². The predicted octanol–water partition coefficient (Wildman–Crippen LogP) is 4.36. The molecule has 0 radical (unpaired) electrons. The van der Waals surface area contributed by atoms with E-state index in [0.29, 0.717) is 23.5 Å². The number of aliphatic hydroxyl groups is 1. The Morgan fingerprint density at radius 3 is 2.52 bits per heavy atom. The van der Waals surface area contributed by atoms with Gasteiger partial charge in [0.05, 0.1) is 24.3 Å². The van der Waals surface area contributed by atoms with Crippen LogP contribution in [0.25, 0.3) is 0 Å². The lowest BCUT2D eigenvalue weighted by Gasteiger charge is -2.42. The SMILES string of the molecule is CC1(C)Oc2ccc(C#N)cc2[C@H](n2ccc(CO[Si](C)(C)C(C)(C)C)cc2=O)[C@H]1O. The van der Waals surface area contributed by atoms with Crippen molar-refractivity contribution in [3.8, 4) is 11.8 Å². The van der Waals surface area contributed by atoms with Crippen LogP contribution in [0.15, 0.2) is 41.3 Å². The van der Waals surface area contributed by atoms with Crippen molar-refractivity contribution in [3.05, 3.63) is 63.6 Å². The molecule has 0 spiro atoms.